The number of methoxy groups -OCH3 is 1. The Labute approximate surface area is 138 Å². The second-order valence-electron chi connectivity index (χ2n) is 5.12. The maximum Gasteiger partial charge on any atom is 0.127 e. The molecule has 0 amide bonds. The van der Waals surface area contributed by atoms with Crippen LogP contribution in [0.25, 0.3) is 11.0 Å². The van der Waals surface area contributed by atoms with Crippen LogP contribution in [0.1, 0.15) is 18.1 Å². The molecule has 3 rings (SSSR count). The number of imidazole rings is 1. The fourth-order valence-electron chi connectivity index (χ4n) is 2.59. The first-order valence-corrected chi connectivity index (χ1v) is 9.70. The van der Waals surface area contributed by atoms with E-state index in [0.29, 0.717) is 5.25 Å². The predicted octanol–water partition coefficient (Wildman–Crippen LogP) is 4.19. The average molecular weight is 343 g/mol. The summed E-state index contributed by atoms with van der Waals surface area (Å²) in [6.45, 7) is 2.95. The second kappa shape index (κ2) is 6.71. The Balaban J connectivity index is 2.01. The van der Waals surface area contributed by atoms with Crippen LogP contribution < -0.4 is 4.74 Å². The topological polar surface area (TPSA) is 27.1 Å². The third kappa shape index (κ3) is 3.30. The number of alkyl halides is 1. The summed E-state index contributed by atoms with van der Waals surface area (Å²) in [5, 5.41) is 0.533. The van der Waals surface area contributed by atoms with Crippen molar-refractivity contribution >= 4 is 46.2 Å². The lowest BCUT2D eigenvalue weighted by Gasteiger charge is -2.23. The Morgan fingerprint density at radius 3 is 3.00 bits per heavy atom. The van der Waals surface area contributed by atoms with Crippen LogP contribution in [-0.4, -0.2) is 39.2 Å². The molecule has 2 heterocycles. The van der Waals surface area contributed by atoms with Crippen LogP contribution in [0.5, 0.6) is 5.75 Å². The molecule has 0 N–H and O–H groups in total. The molecule has 0 radical (unpaired) electrons. The van der Waals surface area contributed by atoms with Gasteiger partial charge in [0.1, 0.15) is 11.6 Å². The predicted molar refractivity (Wildman–Crippen MR) is 94.1 cm³/mol. The Morgan fingerprint density at radius 1 is 1.48 bits per heavy atom. The highest BCUT2D eigenvalue weighted by Gasteiger charge is 2.21. The molecule has 0 bridgehead atoms. The highest BCUT2D eigenvalue weighted by molar-refractivity contribution is 8.06. The maximum atomic E-state index is 6.34. The Kier molecular flexibility index (Phi) is 4.92. The van der Waals surface area contributed by atoms with Crippen molar-refractivity contribution in [3.05, 3.63) is 24.0 Å². The van der Waals surface area contributed by atoms with Gasteiger partial charge in [-0.05, 0) is 19.1 Å². The van der Waals surface area contributed by atoms with Gasteiger partial charge in [0.15, 0.2) is 0 Å². The van der Waals surface area contributed by atoms with E-state index in [1.165, 1.54) is 17.3 Å². The third-order valence-corrected chi connectivity index (χ3v) is 6.63. The number of hydrogen-bond acceptors (Lipinski definition) is 4. The minimum atomic E-state index is -0.0929. The fraction of sp³-hybridized carbons (Fsp3) is 0.533. The van der Waals surface area contributed by atoms with Crippen LogP contribution in [0.2, 0.25) is 0 Å². The molecule has 1 aromatic heterocycles. The molecule has 6 heteroatoms. The van der Waals surface area contributed by atoms with Gasteiger partial charge in [0, 0.05) is 35.1 Å². The molecule has 21 heavy (non-hydrogen) atoms. The van der Waals surface area contributed by atoms with E-state index in [1.54, 1.807) is 7.11 Å². The summed E-state index contributed by atoms with van der Waals surface area (Å²) in [5.41, 5.74) is 2.11. The summed E-state index contributed by atoms with van der Waals surface area (Å²) in [5.74, 6) is 5.51. The number of ether oxygens (including phenoxy) is 1. The zero-order valence-corrected chi connectivity index (χ0v) is 14.6. The van der Waals surface area contributed by atoms with E-state index in [4.69, 9.17) is 21.3 Å². The molecule has 2 unspecified atom stereocenters. The van der Waals surface area contributed by atoms with Crippen molar-refractivity contribution in [3.8, 4) is 5.75 Å². The van der Waals surface area contributed by atoms with E-state index in [9.17, 15) is 0 Å². The van der Waals surface area contributed by atoms with E-state index in [2.05, 4.69) is 22.4 Å². The van der Waals surface area contributed by atoms with E-state index in [0.717, 1.165) is 29.2 Å². The number of hydrogen-bond donors (Lipinski definition) is 0. The molecule has 2 atom stereocenters. The normalized spacial score (nSPS) is 20.6. The largest absolute Gasteiger partial charge is 0.497 e. The lowest BCUT2D eigenvalue weighted by Crippen LogP contribution is -2.21. The van der Waals surface area contributed by atoms with Crippen LogP contribution in [0, 0.1) is 0 Å². The van der Waals surface area contributed by atoms with E-state index < -0.39 is 0 Å². The van der Waals surface area contributed by atoms with Crippen LogP contribution in [0.15, 0.2) is 18.2 Å². The van der Waals surface area contributed by atoms with E-state index >= 15 is 0 Å². The summed E-state index contributed by atoms with van der Waals surface area (Å²) < 4.78 is 7.63. The fourth-order valence-corrected chi connectivity index (χ4v) is 5.41. The number of thioether (sulfide) groups is 2. The van der Waals surface area contributed by atoms with Gasteiger partial charge in [-0.3, -0.25) is 0 Å². The molecule has 1 fully saturated rings. The zero-order valence-electron chi connectivity index (χ0n) is 12.2. The van der Waals surface area contributed by atoms with Gasteiger partial charge in [-0.25, -0.2) is 4.98 Å². The number of benzene rings is 1. The van der Waals surface area contributed by atoms with Gasteiger partial charge in [-0.15, -0.1) is 11.6 Å². The Hall–Kier alpha value is -0.520. The molecular formula is C15H19ClN2OS2. The van der Waals surface area contributed by atoms with Crippen molar-refractivity contribution in [3.63, 3.8) is 0 Å². The Bertz CT molecular complexity index is 623. The second-order valence-corrected chi connectivity index (χ2v) is 8.33. The van der Waals surface area contributed by atoms with Crippen molar-refractivity contribution in [2.45, 2.75) is 24.1 Å². The number of rotatable bonds is 4. The first kappa shape index (κ1) is 15.4. The summed E-state index contributed by atoms with van der Waals surface area (Å²) in [4.78, 5) is 4.71. The first-order chi connectivity index (χ1) is 10.2. The number of nitrogens with zero attached hydrogens (tertiary/aromatic N) is 2. The molecule has 1 aromatic carbocycles. The third-order valence-electron chi connectivity index (χ3n) is 3.61. The number of fused-ring (bicyclic) bond motifs is 1. The lowest BCUT2D eigenvalue weighted by atomic mass is 10.3. The average Bonchev–Trinajstić information content (AvgIpc) is 2.86. The summed E-state index contributed by atoms with van der Waals surface area (Å²) >= 11 is 10.4. The van der Waals surface area contributed by atoms with Crippen molar-refractivity contribution in [1.29, 1.82) is 0 Å². The molecule has 1 aliphatic rings. The monoisotopic (exact) mass is 342 g/mol. The molecule has 2 aromatic rings. The van der Waals surface area contributed by atoms with E-state index in [-0.39, 0.29) is 5.38 Å². The smallest absolute Gasteiger partial charge is 0.127 e. The van der Waals surface area contributed by atoms with Crippen LogP contribution in [-0.2, 0) is 6.54 Å². The summed E-state index contributed by atoms with van der Waals surface area (Å²) in [6.07, 6.45) is 0. The zero-order chi connectivity index (χ0) is 14.8. The van der Waals surface area contributed by atoms with Crippen molar-refractivity contribution in [2.75, 3.05) is 24.4 Å². The van der Waals surface area contributed by atoms with Gasteiger partial charge in [0.2, 0.25) is 0 Å². The first-order valence-electron chi connectivity index (χ1n) is 7.06. The highest BCUT2D eigenvalue weighted by atomic mass is 35.5. The van der Waals surface area contributed by atoms with Crippen molar-refractivity contribution in [2.24, 2.45) is 0 Å². The van der Waals surface area contributed by atoms with Gasteiger partial charge >= 0.3 is 0 Å². The molecule has 114 valence electrons. The number of halogens is 1. The highest BCUT2D eigenvalue weighted by Crippen LogP contribution is 2.31. The Morgan fingerprint density at radius 2 is 2.33 bits per heavy atom. The SMILES string of the molecule is COc1ccc2nc(C(C)Cl)n(CC3CSCCS3)c2c1. The van der Waals surface area contributed by atoms with Crippen LogP contribution in [0.4, 0.5) is 0 Å². The number of aromatic nitrogens is 2. The molecule has 3 nitrogen and oxygen atoms in total. The van der Waals surface area contributed by atoms with Gasteiger partial charge < -0.3 is 9.30 Å². The minimum absolute atomic E-state index is 0.0929. The molecule has 0 spiro atoms. The lowest BCUT2D eigenvalue weighted by molar-refractivity contribution is 0.415. The van der Waals surface area contributed by atoms with Crippen LogP contribution >= 0.6 is 35.1 Å². The summed E-state index contributed by atoms with van der Waals surface area (Å²) in [7, 11) is 1.70. The van der Waals surface area contributed by atoms with Crippen LogP contribution in [0.3, 0.4) is 0 Å². The standard InChI is InChI=1S/C15H19ClN2OS2/c1-10(16)15-17-13-4-3-11(19-2)7-14(13)18(15)8-12-9-20-5-6-21-12/h3-4,7,10,12H,5-6,8-9H2,1-2H3. The van der Waals surface area contributed by atoms with Gasteiger partial charge in [-0.2, -0.15) is 23.5 Å². The van der Waals surface area contributed by atoms with Crippen molar-refractivity contribution < 1.29 is 4.74 Å². The molecular weight excluding hydrogens is 324 g/mol. The molecule has 1 saturated heterocycles. The van der Waals surface area contributed by atoms with E-state index in [1.807, 2.05) is 30.8 Å². The molecule has 0 aliphatic carbocycles. The quantitative estimate of drug-likeness (QED) is 0.778. The van der Waals surface area contributed by atoms with Gasteiger partial charge in [-0.1, -0.05) is 0 Å². The summed E-state index contributed by atoms with van der Waals surface area (Å²) in [6, 6.07) is 6.02. The maximum absolute atomic E-state index is 6.34. The molecule has 0 saturated carbocycles. The van der Waals surface area contributed by atoms with Gasteiger partial charge in [0.25, 0.3) is 0 Å². The molecule has 1 aliphatic heterocycles. The minimum Gasteiger partial charge on any atom is -0.497 e. The van der Waals surface area contributed by atoms with Crippen molar-refractivity contribution in [1.82, 2.24) is 9.55 Å². The van der Waals surface area contributed by atoms with Gasteiger partial charge in [0.05, 0.1) is 23.5 Å².